The molecule has 1 N–H and O–H groups in total. The van der Waals surface area contributed by atoms with E-state index in [1.54, 1.807) is 26.2 Å². The molecule has 2 amide bonds. The third kappa shape index (κ3) is 5.40. The number of benzene rings is 2. The molecule has 38 heavy (non-hydrogen) atoms. The van der Waals surface area contributed by atoms with Crippen LogP contribution in [0.4, 0.5) is 5.82 Å². The molecule has 0 aliphatic carbocycles. The van der Waals surface area contributed by atoms with Crippen molar-refractivity contribution in [2.24, 2.45) is 14.1 Å². The highest BCUT2D eigenvalue weighted by molar-refractivity contribution is 5.93. The number of nitrogens with one attached hydrogen (secondary N) is 1. The summed E-state index contributed by atoms with van der Waals surface area (Å²) >= 11 is 0. The number of pyridine rings is 1. The van der Waals surface area contributed by atoms with Crippen molar-refractivity contribution in [3.8, 4) is 5.75 Å². The Morgan fingerprint density at radius 1 is 0.921 bits per heavy atom. The molecular formula is C28H32N6O4. The second-order valence-electron chi connectivity index (χ2n) is 9.54. The standard InChI is InChI=1S/C28H32N6O4/c1-31-22-10-11-24(30-27(22)32(2)28(31)37)29-25(35)12-13-26(36)34-16-14-33(15-17-34)18-19-38-23-9-5-7-20-6-3-4-8-21(20)23/h3-11H,12-19H2,1-2H3,(H,29,30,35). The van der Waals surface area contributed by atoms with Crippen LogP contribution in [0.15, 0.2) is 59.4 Å². The van der Waals surface area contributed by atoms with E-state index < -0.39 is 0 Å². The first-order chi connectivity index (χ1) is 18.4. The Morgan fingerprint density at radius 2 is 1.68 bits per heavy atom. The average molecular weight is 517 g/mol. The number of aryl methyl sites for hydroxylation is 2. The van der Waals surface area contributed by atoms with Crippen LogP contribution in [0.25, 0.3) is 21.9 Å². The van der Waals surface area contributed by atoms with Gasteiger partial charge in [0.2, 0.25) is 11.8 Å². The van der Waals surface area contributed by atoms with Gasteiger partial charge in [0.1, 0.15) is 18.2 Å². The SMILES string of the molecule is Cn1c(=O)n(C)c2nc(NC(=O)CCC(=O)N3CCN(CCOc4cccc5ccccc45)CC3)ccc21. The zero-order valence-corrected chi connectivity index (χ0v) is 21.7. The average Bonchev–Trinajstić information content (AvgIpc) is 3.15. The molecule has 3 heterocycles. The number of hydrogen-bond acceptors (Lipinski definition) is 6. The third-order valence-electron chi connectivity index (χ3n) is 7.08. The normalized spacial score (nSPS) is 14.2. The van der Waals surface area contributed by atoms with Gasteiger partial charge in [0.05, 0.1) is 5.52 Å². The molecule has 1 aliphatic heterocycles. The van der Waals surface area contributed by atoms with Gasteiger partial charge < -0.3 is 15.0 Å². The molecule has 0 unspecified atom stereocenters. The molecule has 10 heteroatoms. The largest absolute Gasteiger partial charge is 0.492 e. The van der Waals surface area contributed by atoms with Gasteiger partial charge in [-0.05, 0) is 23.6 Å². The summed E-state index contributed by atoms with van der Waals surface area (Å²) in [6.07, 6.45) is 0.216. The first-order valence-electron chi connectivity index (χ1n) is 12.8. The number of fused-ring (bicyclic) bond motifs is 2. The number of ether oxygens (including phenoxy) is 1. The summed E-state index contributed by atoms with van der Waals surface area (Å²) in [6.45, 7) is 4.19. The molecule has 2 aromatic carbocycles. The smallest absolute Gasteiger partial charge is 0.329 e. The van der Waals surface area contributed by atoms with Crippen LogP contribution in [0.1, 0.15) is 12.8 Å². The lowest BCUT2D eigenvalue weighted by Gasteiger charge is -2.34. The van der Waals surface area contributed by atoms with E-state index in [-0.39, 0.29) is 30.3 Å². The van der Waals surface area contributed by atoms with E-state index in [1.165, 1.54) is 9.13 Å². The Balaban J connectivity index is 1.04. The molecule has 198 valence electrons. The van der Waals surface area contributed by atoms with Gasteiger partial charge in [0, 0.05) is 65.0 Å². The van der Waals surface area contributed by atoms with E-state index >= 15 is 0 Å². The van der Waals surface area contributed by atoms with Crippen molar-refractivity contribution < 1.29 is 14.3 Å². The van der Waals surface area contributed by atoms with Crippen molar-refractivity contribution in [2.45, 2.75) is 12.8 Å². The number of piperazine rings is 1. The maximum atomic E-state index is 12.7. The highest BCUT2D eigenvalue weighted by atomic mass is 16.5. The second-order valence-corrected chi connectivity index (χ2v) is 9.54. The van der Waals surface area contributed by atoms with Crippen LogP contribution in [0, 0.1) is 0 Å². The molecule has 5 rings (SSSR count). The molecule has 0 saturated carbocycles. The zero-order valence-electron chi connectivity index (χ0n) is 21.7. The number of hydrogen-bond donors (Lipinski definition) is 1. The highest BCUT2D eigenvalue weighted by Crippen LogP contribution is 2.25. The Hall–Kier alpha value is -4.18. The summed E-state index contributed by atoms with van der Waals surface area (Å²) in [4.78, 5) is 45.7. The van der Waals surface area contributed by atoms with Gasteiger partial charge in [-0.25, -0.2) is 9.78 Å². The highest BCUT2D eigenvalue weighted by Gasteiger charge is 2.21. The van der Waals surface area contributed by atoms with Gasteiger partial charge >= 0.3 is 5.69 Å². The number of imidazole rings is 1. The van der Waals surface area contributed by atoms with E-state index in [4.69, 9.17) is 4.74 Å². The molecule has 1 fully saturated rings. The summed E-state index contributed by atoms with van der Waals surface area (Å²) in [7, 11) is 3.32. The van der Waals surface area contributed by atoms with Crippen LogP contribution in [0.2, 0.25) is 0 Å². The van der Waals surface area contributed by atoms with Crippen LogP contribution in [-0.2, 0) is 23.7 Å². The topological polar surface area (TPSA) is 102 Å². The molecule has 0 radical (unpaired) electrons. The van der Waals surface area contributed by atoms with Gasteiger partial charge in [-0.1, -0.05) is 36.4 Å². The van der Waals surface area contributed by atoms with E-state index in [0.717, 1.165) is 36.2 Å². The summed E-state index contributed by atoms with van der Waals surface area (Å²) < 4.78 is 9.00. The van der Waals surface area contributed by atoms with Crippen molar-refractivity contribution in [3.05, 3.63) is 65.1 Å². The maximum Gasteiger partial charge on any atom is 0.329 e. The quantitative estimate of drug-likeness (QED) is 0.386. The second kappa shape index (κ2) is 11.1. The molecule has 0 atom stereocenters. The summed E-state index contributed by atoms with van der Waals surface area (Å²) in [5.74, 6) is 0.935. The number of nitrogens with zero attached hydrogens (tertiary/aromatic N) is 5. The minimum absolute atomic E-state index is 0.0272. The molecule has 0 spiro atoms. The number of carbonyl (C=O) groups is 2. The van der Waals surface area contributed by atoms with Crippen molar-refractivity contribution in [2.75, 3.05) is 44.6 Å². The zero-order chi connectivity index (χ0) is 26.6. The van der Waals surface area contributed by atoms with Gasteiger partial charge in [-0.3, -0.25) is 23.6 Å². The number of rotatable bonds is 8. The molecule has 1 aliphatic rings. The molecule has 4 aromatic rings. The van der Waals surface area contributed by atoms with Crippen molar-refractivity contribution in [1.82, 2.24) is 23.9 Å². The number of carbonyl (C=O) groups excluding carboxylic acids is 2. The summed E-state index contributed by atoms with van der Waals surface area (Å²) in [5, 5.41) is 5.00. The number of amides is 2. The molecule has 0 bridgehead atoms. The minimum atomic E-state index is -0.282. The third-order valence-corrected chi connectivity index (χ3v) is 7.08. The van der Waals surface area contributed by atoms with Crippen molar-refractivity contribution in [1.29, 1.82) is 0 Å². The predicted octanol–water partition coefficient (Wildman–Crippen LogP) is 2.37. The molecule has 1 saturated heterocycles. The number of aromatic nitrogens is 3. The van der Waals surface area contributed by atoms with Crippen LogP contribution in [-0.4, -0.2) is 75.1 Å². The fourth-order valence-electron chi connectivity index (χ4n) is 4.85. The Kier molecular flexibility index (Phi) is 7.41. The molecular weight excluding hydrogens is 484 g/mol. The van der Waals surface area contributed by atoms with Gasteiger partial charge in [-0.15, -0.1) is 0 Å². The van der Waals surface area contributed by atoms with Crippen molar-refractivity contribution in [3.63, 3.8) is 0 Å². The molecule has 10 nitrogen and oxygen atoms in total. The van der Waals surface area contributed by atoms with Crippen LogP contribution >= 0.6 is 0 Å². The number of anilines is 1. The van der Waals surface area contributed by atoms with Crippen LogP contribution < -0.4 is 15.7 Å². The Morgan fingerprint density at radius 3 is 2.50 bits per heavy atom. The fraction of sp³-hybridized carbons (Fsp3) is 0.357. The Bertz CT molecular complexity index is 1530. The van der Waals surface area contributed by atoms with Crippen LogP contribution in [0.3, 0.4) is 0 Å². The maximum absolute atomic E-state index is 12.7. The minimum Gasteiger partial charge on any atom is -0.492 e. The van der Waals surface area contributed by atoms with Gasteiger partial charge in [0.25, 0.3) is 0 Å². The van der Waals surface area contributed by atoms with Gasteiger partial charge in [0.15, 0.2) is 5.65 Å². The van der Waals surface area contributed by atoms with Gasteiger partial charge in [-0.2, -0.15) is 0 Å². The first-order valence-corrected chi connectivity index (χ1v) is 12.8. The van der Waals surface area contributed by atoms with E-state index in [1.807, 2.05) is 29.2 Å². The first kappa shape index (κ1) is 25.5. The lowest BCUT2D eigenvalue weighted by molar-refractivity contribution is -0.134. The molecule has 2 aromatic heterocycles. The predicted molar refractivity (Wildman–Crippen MR) is 146 cm³/mol. The Labute approximate surface area is 220 Å². The van der Waals surface area contributed by atoms with E-state index in [9.17, 15) is 14.4 Å². The fourth-order valence-corrected chi connectivity index (χ4v) is 4.85. The van der Waals surface area contributed by atoms with Crippen LogP contribution in [0.5, 0.6) is 5.75 Å². The van der Waals surface area contributed by atoms with Crippen molar-refractivity contribution >= 4 is 39.6 Å². The monoisotopic (exact) mass is 516 g/mol. The lowest BCUT2D eigenvalue weighted by atomic mass is 10.1. The summed E-state index contributed by atoms with van der Waals surface area (Å²) in [5.41, 5.74) is 0.996. The van der Waals surface area contributed by atoms with E-state index in [0.29, 0.717) is 36.7 Å². The lowest BCUT2D eigenvalue weighted by Crippen LogP contribution is -2.49. The summed E-state index contributed by atoms with van der Waals surface area (Å²) in [6, 6.07) is 17.7. The van der Waals surface area contributed by atoms with E-state index in [2.05, 4.69) is 33.4 Å².